The Bertz CT molecular complexity index is 401. The molecule has 0 aliphatic carbocycles. The smallest absolute Gasteiger partial charge is 0.0344 e. The summed E-state index contributed by atoms with van der Waals surface area (Å²) in [6.45, 7) is 0. The van der Waals surface area contributed by atoms with E-state index in [1.165, 1.54) is 10.8 Å². The molecule has 0 saturated carbocycles. The van der Waals surface area contributed by atoms with Crippen molar-refractivity contribution in [3.8, 4) is 0 Å². The van der Waals surface area contributed by atoms with E-state index in [4.69, 9.17) is 0 Å². The maximum absolute atomic E-state index is 3.12. The Hall–Kier alpha value is -1.44. The first-order valence-electron chi connectivity index (χ1n) is 4.03. The minimum absolute atomic E-state index is 1.16. The molecule has 1 aromatic carbocycles. The van der Waals surface area contributed by atoms with Crippen LogP contribution in [0.2, 0.25) is 0 Å². The van der Waals surface area contributed by atoms with Gasteiger partial charge in [0.15, 0.2) is 0 Å². The molecular formula is C10H12N2. The minimum Gasteiger partial charge on any atom is -0.388 e. The molecule has 0 unspecified atom stereocenters. The number of nitrogens with zero attached hydrogens (tertiary/aromatic N) is 1. The molecule has 1 heterocycles. The summed E-state index contributed by atoms with van der Waals surface area (Å²) in [7, 11) is 3.98. The molecular weight excluding hydrogens is 148 g/mol. The van der Waals surface area contributed by atoms with E-state index >= 15 is 0 Å². The third-order valence-electron chi connectivity index (χ3n) is 2.06. The van der Waals surface area contributed by atoms with Gasteiger partial charge in [-0.3, -0.25) is 0 Å². The Balaban J connectivity index is 2.66. The third kappa shape index (κ3) is 1.05. The summed E-state index contributed by atoms with van der Waals surface area (Å²) in [5, 5.41) is 5.69. The molecule has 0 fully saturated rings. The highest BCUT2D eigenvalue weighted by Crippen LogP contribution is 2.18. The molecule has 2 heteroatoms. The van der Waals surface area contributed by atoms with E-state index in [9.17, 15) is 0 Å². The van der Waals surface area contributed by atoms with Crippen LogP contribution in [0.1, 0.15) is 0 Å². The lowest BCUT2D eigenvalue weighted by atomic mass is 10.2. The van der Waals surface area contributed by atoms with Gasteiger partial charge in [-0.05, 0) is 17.5 Å². The van der Waals surface area contributed by atoms with Crippen LogP contribution in [0.25, 0.3) is 10.8 Å². The summed E-state index contributed by atoms with van der Waals surface area (Å²) in [5.41, 5.74) is 1.16. The first-order chi connectivity index (χ1) is 5.79. The second kappa shape index (κ2) is 2.55. The van der Waals surface area contributed by atoms with Crippen molar-refractivity contribution in [3.05, 3.63) is 30.6 Å². The van der Waals surface area contributed by atoms with Gasteiger partial charge in [-0.2, -0.15) is 0 Å². The minimum atomic E-state index is 1.16. The molecule has 0 saturated heterocycles. The highest BCUT2D eigenvalue weighted by atomic mass is 14.9. The third-order valence-corrected chi connectivity index (χ3v) is 2.06. The predicted octanol–water partition coefficient (Wildman–Crippen LogP) is 2.22. The van der Waals surface area contributed by atoms with Crippen molar-refractivity contribution in [2.75, 3.05) is 12.4 Å². The van der Waals surface area contributed by atoms with Gasteiger partial charge in [0.05, 0.1) is 0 Å². The summed E-state index contributed by atoms with van der Waals surface area (Å²) in [6, 6.07) is 6.36. The van der Waals surface area contributed by atoms with E-state index in [1.807, 2.05) is 14.1 Å². The van der Waals surface area contributed by atoms with Gasteiger partial charge in [0.2, 0.25) is 0 Å². The van der Waals surface area contributed by atoms with Crippen LogP contribution in [0.4, 0.5) is 5.69 Å². The topological polar surface area (TPSA) is 17.0 Å². The van der Waals surface area contributed by atoms with Crippen LogP contribution in [0.3, 0.4) is 0 Å². The SMILES string of the molecule is CNc1ccc2cn(C)cc2c1. The lowest BCUT2D eigenvalue weighted by Gasteiger charge is -1.97. The zero-order valence-electron chi connectivity index (χ0n) is 7.33. The second-order valence-electron chi connectivity index (χ2n) is 3.02. The molecule has 62 valence electrons. The van der Waals surface area contributed by atoms with Crippen molar-refractivity contribution in [2.45, 2.75) is 0 Å². The van der Waals surface area contributed by atoms with E-state index in [0.29, 0.717) is 0 Å². The maximum atomic E-state index is 3.12. The van der Waals surface area contributed by atoms with Crippen molar-refractivity contribution in [3.63, 3.8) is 0 Å². The average Bonchev–Trinajstić information content (AvgIpc) is 2.43. The van der Waals surface area contributed by atoms with Crippen LogP contribution in [-0.4, -0.2) is 11.6 Å². The number of hydrogen-bond donors (Lipinski definition) is 1. The van der Waals surface area contributed by atoms with E-state index in [1.54, 1.807) is 0 Å². The predicted molar refractivity (Wildman–Crippen MR) is 52.5 cm³/mol. The van der Waals surface area contributed by atoms with Crippen LogP contribution >= 0.6 is 0 Å². The van der Waals surface area contributed by atoms with Crippen LogP contribution in [-0.2, 0) is 7.05 Å². The number of anilines is 1. The largest absolute Gasteiger partial charge is 0.388 e. The van der Waals surface area contributed by atoms with E-state index in [-0.39, 0.29) is 0 Å². The van der Waals surface area contributed by atoms with Gasteiger partial charge in [0, 0.05) is 37.6 Å². The molecule has 2 nitrogen and oxygen atoms in total. The van der Waals surface area contributed by atoms with Crippen molar-refractivity contribution >= 4 is 16.5 Å². The summed E-state index contributed by atoms with van der Waals surface area (Å²) in [5.74, 6) is 0. The molecule has 2 rings (SSSR count). The van der Waals surface area contributed by atoms with Gasteiger partial charge in [-0.15, -0.1) is 0 Å². The first-order valence-corrected chi connectivity index (χ1v) is 4.03. The molecule has 0 spiro atoms. The van der Waals surface area contributed by atoms with Gasteiger partial charge < -0.3 is 9.88 Å². The monoisotopic (exact) mass is 160 g/mol. The first kappa shape index (κ1) is 7.22. The van der Waals surface area contributed by atoms with Gasteiger partial charge in [0.1, 0.15) is 0 Å². The van der Waals surface area contributed by atoms with Crippen LogP contribution in [0, 0.1) is 0 Å². The zero-order chi connectivity index (χ0) is 8.55. The molecule has 0 amide bonds. The van der Waals surface area contributed by atoms with Crippen molar-refractivity contribution < 1.29 is 0 Å². The summed E-state index contributed by atoms with van der Waals surface area (Å²) >= 11 is 0. The Kier molecular flexibility index (Phi) is 1.54. The fourth-order valence-electron chi connectivity index (χ4n) is 1.44. The van der Waals surface area contributed by atoms with E-state index < -0.39 is 0 Å². The average molecular weight is 160 g/mol. The van der Waals surface area contributed by atoms with Crippen molar-refractivity contribution in [1.29, 1.82) is 0 Å². The second-order valence-corrected chi connectivity index (χ2v) is 3.02. The molecule has 1 aromatic heterocycles. The fourth-order valence-corrected chi connectivity index (χ4v) is 1.44. The maximum Gasteiger partial charge on any atom is 0.0344 e. The molecule has 0 bridgehead atoms. The Morgan fingerprint density at radius 3 is 2.67 bits per heavy atom. The van der Waals surface area contributed by atoms with Crippen LogP contribution in [0.5, 0.6) is 0 Å². The molecule has 1 N–H and O–H groups in total. The highest BCUT2D eigenvalue weighted by molar-refractivity contribution is 5.85. The summed E-state index contributed by atoms with van der Waals surface area (Å²) in [4.78, 5) is 0. The zero-order valence-corrected chi connectivity index (χ0v) is 7.33. The number of rotatable bonds is 1. The van der Waals surface area contributed by atoms with Gasteiger partial charge in [-0.25, -0.2) is 0 Å². The highest BCUT2D eigenvalue weighted by Gasteiger charge is 1.96. The molecule has 12 heavy (non-hydrogen) atoms. The molecule has 2 aromatic rings. The Morgan fingerprint density at radius 2 is 1.92 bits per heavy atom. The molecule has 0 radical (unpaired) electrons. The summed E-state index contributed by atoms with van der Waals surface area (Å²) in [6.07, 6.45) is 4.24. The normalized spacial score (nSPS) is 10.5. The quantitative estimate of drug-likeness (QED) is 0.676. The number of aromatic nitrogens is 1. The number of hydrogen-bond acceptors (Lipinski definition) is 1. The number of nitrogens with one attached hydrogen (secondary N) is 1. The molecule has 0 aliphatic heterocycles. The van der Waals surface area contributed by atoms with Crippen molar-refractivity contribution in [1.82, 2.24) is 4.57 Å². The lowest BCUT2D eigenvalue weighted by Crippen LogP contribution is -1.85. The Morgan fingerprint density at radius 1 is 1.17 bits per heavy atom. The Labute approximate surface area is 71.8 Å². The van der Waals surface area contributed by atoms with Gasteiger partial charge in [0.25, 0.3) is 0 Å². The van der Waals surface area contributed by atoms with Crippen LogP contribution in [0.15, 0.2) is 30.6 Å². The molecule has 0 aliphatic rings. The standard InChI is InChI=1S/C10H12N2/c1-11-10-4-3-8-6-12(2)7-9(8)5-10/h3-7,11H,1-2H3. The number of benzene rings is 1. The van der Waals surface area contributed by atoms with E-state index in [0.717, 1.165) is 5.69 Å². The van der Waals surface area contributed by atoms with Gasteiger partial charge >= 0.3 is 0 Å². The van der Waals surface area contributed by atoms with Crippen LogP contribution < -0.4 is 5.32 Å². The summed E-state index contributed by atoms with van der Waals surface area (Å²) < 4.78 is 2.07. The van der Waals surface area contributed by atoms with Crippen molar-refractivity contribution in [2.24, 2.45) is 7.05 Å². The van der Waals surface area contributed by atoms with E-state index in [2.05, 4.69) is 40.5 Å². The molecule has 0 atom stereocenters. The number of fused-ring (bicyclic) bond motifs is 1. The lowest BCUT2D eigenvalue weighted by molar-refractivity contribution is 0.933. The number of aryl methyl sites for hydroxylation is 1. The fraction of sp³-hybridized carbons (Fsp3) is 0.200. The van der Waals surface area contributed by atoms with Gasteiger partial charge in [-0.1, -0.05) is 6.07 Å².